The Bertz CT molecular complexity index is 661. The maximum atomic E-state index is 12.5. The molecule has 0 unspecified atom stereocenters. The van der Waals surface area contributed by atoms with Crippen molar-refractivity contribution in [3.05, 3.63) is 53.6 Å². The normalized spacial score (nSPS) is 11.2. The average molecular weight is 296 g/mol. The molecule has 0 aliphatic heterocycles. The van der Waals surface area contributed by atoms with Crippen molar-refractivity contribution in [1.82, 2.24) is 0 Å². The fraction of sp³-hybridized carbons (Fsp3) is 0.133. The molecular formula is C15H11F3O3. The van der Waals surface area contributed by atoms with Crippen LogP contribution in [0.3, 0.4) is 0 Å². The summed E-state index contributed by atoms with van der Waals surface area (Å²) in [6.07, 6.45) is -4.43. The fourth-order valence-corrected chi connectivity index (χ4v) is 1.91. The highest BCUT2D eigenvalue weighted by atomic mass is 19.4. The van der Waals surface area contributed by atoms with Gasteiger partial charge in [0.25, 0.3) is 0 Å². The van der Waals surface area contributed by atoms with E-state index in [-0.39, 0.29) is 5.56 Å². The monoisotopic (exact) mass is 296 g/mol. The SMILES string of the molecule is COc1ccc(C(=O)O)c(-c2ccc(C(F)(F)F)cc2)c1. The standard InChI is InChI=1S/C15H11F3O3/c1-21-11-6-7-12(14(19)20)13(8-11)9-2-4-10(5-3-9)15(16,17)18/h2-8H,1H3,(H,19,20). The number of alkyl halides is 3. The van der Waals surface area contributed by atoms with Gasteiger partial charge in [-0.2, -0.15) is 13.2 Å². The smallest absolute Gasteiger partial charge is 0.416 e. The summed E-state index contributed by atoms with van der Waals surface area (Å²) in [5, 5.41) is 9.15. The minimum atomic E-state index is -4.43. The summed E-state index contributed by atoms with van der Waals surface area (Å²) in [7, 11) is 1.42. The van der Waals surface area contributed by atoms with Crippen LogP contribution in [0.1, 0.15) is 15.9 Å². The van der Waals surface area contributed by atoms with E-state index in [1.807, 2.05) is 0 Å². The lowest BCUT2D eigenvalue weighted by molar-refractivity contribution is -0.137. The molecule has 0 aliphatic rings. The van der Waals surface area contributed by atoms with Gasteiger partial charge >= 0.3 is 12.1 Å². The predicted octanol–water partition coefficient (Wildman–Crippen LogP) is 4.08. The Morgan fingerprint density at radius 2 is 1.71 bits per heavy atom. The summed E-state index contributed by atoms with van der Waals surface area (Å²) in [4.78, 5) is 11.2. The molecule has 3 nitrogen and oxygen atoms in total. The Labute approximate surface area is 118 Å². The van der Waals surface area contributed by atoms with Crippen LogP contribution in [0.4, 0.5) is 13.2 Å². The zero-order valence-corrected chi connectivity index (χ0v) is 10.9. The minimum absolute atomic E-state index is 0.00411. The Morgan fingerprint density at radius 3 is 2.19 bits per heavy atom. The van der Waals surface area contributed by atoms with Crippen LogP contribution in [0, 0.1) is 0 Å². The zero-order chi connectivity index (χ0) is 15.6. The highest BCUT2D eigenvalue weighted by molar-refractivity contribution is 5.96. The van der Waals surface area contributed by atoms with Crippen molar-refractivity contribution in [3.63, 3.8) is 0 Å². The molecule has 2 aromatic carbocycles. The molecular weight excluding hydrogens is 285 g/mol. The van der Waals surface area contributed by atoms with Crippen LogP contribution in [0.25, 0.3) is 11.1 Å². The fourth-order valence-electron chi connectivity index (χ4n) is 1.91. The van der Waals surface area contributed by atoms with Gasteiger partial charge in [0.1, 0.15) is 5.75 Å². The number of aromatic carboxylic acids is 1. The lowest BCUT2D eigenvalue weighted by atomic mass is 9.98. The van der Waals surface area contributed by atoms with E-state index in [0.717, 1.165) is 12.1 Å². The van der Waals surface area contributed by atoms with Gasteiger partial charge in [0, 0.05) is 0 Å². The van der Waals surface area contributed by atoms with Gasteiger partial charge in [-0.25, -0.2) is 4.79 Å². The lowest BCUT2D eigenvalue weighted by Gasteiger charge is -2.11. The highest BCUT2D eigenvalue weighted by Gasteiger charge is 2.30. The first-order chi connectivity index (χ1) is 9.82. The highest BCUT2D eigenvalue weighted by Crippen LogP contribution is 2.33. The molecule has 1 N–H and O–H groups in total. The van der Waals surface area contributed by atoms with E-state index >= 15 is 0 Å². The average Bonchev–Trinajstić information content (AvgIpc) is 2.45. The van der Waals surface area contributed by atoms with Crippen molar-refractivity contribution in [3.8, 4) is 16.9 Å². The number of ether oxygens (including phenoxy) is 1. The first kappa shape index (κ1) is 14.9. The number of rotatable bonds is 3. The van der Waals surface area contributed by atoms with Crippen molar-refractivity contribution in [1.29, 1.82) is 0 Å². The van der Waals surface area contributed by atoms with Crippen molar-refractivity contribution in [2.45, 2.75) is 6.18 Å². The van der Waals surface area contributed by atoms with E-state index in [2.05, 4.69) is 0 Å². The Balaban J connectivity index is 2.52. The van der Waals surface area contributed by atoms with Crippen molar-refractivity contribution < 1.29 is 27.8 Å². The molecule has 21 heavy (non-hydrogen) atoms. The number of carboxylic acid groups (broad SMARTS) is 1. The molecule has 6 heteroatoms. The van der Waals surface area contributed by atoms with E-state index in [1.54, 1.807) is 0 Å². The lowest BCUT2D eigenvalue weighted by Crippen LogP contribution is -2.04. The predicted molar refractivity (Wildman–Crippen MR) is 70.4 cm³/mol. The molecule has 0 atom stereocenters. The van der Waals surface area contributed by atoms with Crippen LogP contribution >= 0.6 is 0 Å². The summed E-state index contributed by atoms with van der Waals surface area (Å²) in [5.41, 5.74) is -0.114. The topological polar surface area (TPSA) is 46.5 Å². The molecule has 0 aromatic heterocycles. The molecule has 0 saturated carbocycles. The number of benzene rings is 2. The zero-order valence-electron chi connectivity index (χ0n) is 10.9. The molecule has 0 radical (unpaired) electrons. The molecule has 0 aliphatic carbocycles. The van der Waals surface area contributed by atoms with E-state index < -0.39 is 17.7 Å². The van der Waals surface area contributed by atoms with Crippen molar-refractivity contribution in [2.75, 3.05) is 7.11 Å². The maximum Gasteiger partial charge on any atom is 0.416 e. The van der Waals surface area contributed by atoms with E-state index in [0.29, 0.717) is 16.9 Å². The van der Waals surface area contributed by atoms with E-state index in [9.17, 15) is 18.0 Å². The number of halogens is 3. The van der Waals surface area contributed by atoms with Crippen LogP contribution in [0.2, 0.25) is 0 Å². The Kier molecular flexibility index (Phi) is 3.88. The summed E-state index contributed by atoms with van der Waals surface area (Å²) >= 11 is 0. The molecule has 0 amide bonds. The van der Waals surface area contributed by atoms with Gasteiger partial charge in [-0.3, -0.25) is 0 Å². The van der Waals surface area contributed by atoms with Gasteiger partial charge in [-0.15, -0.1) is 0 Å². The Hall–Kier alpha value is -2.50. The Morgan fingerprint density at radius 1 is 1.10 bits per heavy atom. The van der Waals surface area contributed by atoms with Gasteiger partial charge in [0.05, 0.1) is 18.2 Å². The van der Waals surface area contributed by atoms with E-state index in [1.165, 1.54) is 37.4 Å². The van der Waals surface area contributed by atoms with E-state index in [4.69, 9.17) is 9.84 Å². The second kappa shape index (κ2) is 5.47. The number of carboxylic acids is 1. The molecule has 0 heterocycles. The van der Waals surface area contributed by atoms with Gasteiger partial charge in [0.15, 0.2) is 0 Å². The van der Waals surface area contributed by atoms with Gasteiger partial charge in [-0.05, 0) is 41.5 Å². The third kappa shape index (κ3) is 3.16. The summed E-state index contributed by atoms with van der Waals surface area (Å²) in [5.74, 6) is -0.734. The molecule has 0 fully saturated rings. The van der Waals surface area contributed by atoms with Crippen LogP contribution < -0.4 is 4.74 Å². The van der Waals surface area contributed by atoms with Crippen molar-refractivity contribution >= 4 is 5.97 Å². The summed E-state index contributed by atoms with van der Waals surface area (Å²) in [6.45, 7) is 0. The largest absolute Gasteiger partial charge is 0.497 e. The second-order valence-corrected chi connectivity index (χ2v) is 4.29. The second-order valence-electron chi connectivity index (χ2n) is 4.29. The van der Waals surface area contributed by atoms with Crippen LogP contribution in [-0.2, 0) is 6.18 Å². The van der Waals surface area contributed by atoms with Crippen LogP contribution in [0.15, 0.2) is 42.5 Å². The summed E-state index contributed by atoms with van der Waals surface area (Å²) in [6, 6.07) is 8.63. The van der Waals surface area contributed by atoms with Crippen LogP contribution in [-0.4, -0.2) is 18.2 Å². The summed E-state index contributed by atoms with van der Waals surface area (Å²) < 4.78 is 42.6. The molecule has 2 rings (SSSR count). The molecule has 0 spiro atoms. The van der Waals surface area contributed by atoms with Gasteiger partial charge in [-0.1, -0.05) is 12.1 Å². The number of hydrogen-bond acceptors (Lipinski definition) is 2. The van der Waals surface area contributed by atoms with Gasteiger partial charge in [0.2, 0.25) is 0 Å². The van der Waals surface area contributed by atoms with Crippen LogP contribution in [0.5, 0.6) is 5.75 Å². The molecule has 110 valence electrons. The molecule has 0 saturated heterocycles. The first-order valence-electron chi connectivity index (χ1n) is 5.92. The molecule has 2 aromatic rings. The quantitative estimate of drug-likeness (QED) is 0.928. The van der Waals surface area contributed by atoms with Gasteiger partial charge < -0.3 is 9.84 Å². The number of methoxy groups -OCH3 is 1. The maximum absolute atomic E-state index is 12.5. The number of hydrogen-bond donors (Lipinski definition) is 1. The third-order valence-corrected chi connectivity index (χ3v) is 2.98. The third-order valence-electron chi connectivity index (χ3n) is 2.98. The minimum Gasteiger partial charge on any atom is -0.497 e. The number of carbonyl (C=O) groups is 1. The first-order valence-corrected chi connectivity index (χ1v) is 5.92. The van der Waals surface area contributed by atoms with Crippen molar-refractivity contribution in [2.24, 2.45) is 0 Å². The molecule has 0 bridgehead atoms.